The quantitative estimate of drug-likeness (QED) is 0.167. The lowest BCUT2D eigenvalue weighted by atomic mass is 9.97. The highest BCUT2D eigenvalue weighted by molar-refractivity contribution is 6.12. The van der Waals surface area contributed by atoms with Gasteiger partial charge in [-0.3, -0.25) is 0 Å². The van der Waals surface area contributed by atoms with Gasteiger partial charge in [0.25, 0.3) is 0 Å². The van der Waals surface area contributed by atoms with Crippen molar-refractivity contribution in [2.75, 3.05) is 0 Å². The van der Waals surface area contributed by atoms with Crippen molar-refractivity contribution in [3.63, 3.8) is 0 Å². The molecule has 0 amide bonds. The number of furan rings is 1. The zero-order valence-corrected chi connectivity index (χ0v) is 22.6. The Balaban J connectivity index is 1.43. The fourth-order valence-corrected chi connectivity index (χ4v) is 6.40. The van der Waals surface area contributed by atoms with Gasteiger partial charge < -0.3 is 13.4 Å². The molecule has 4 nitrogen and oxygen atoms in total. The van der Waals surface area contributed by atoms with Gasteiger partial charge in [0, 0.05) is 49.3 Å². The molecule has 0 saturated heterocycles. The Morgan fingerprint density at radius 2 is 1.37 bits per heavy atom. The average Bonchev–Trinajstić information content (AvgIpc) is 3.53. The van der Waals surface area contributed by atoms with E-state index in [1.165, 1.54) is 10.6 Å². The third kappa shape index (κ3) is 3.37. The van der Waals surface area contributed by atoms with Crippen LogP contribution in [0.4, 0.5) is 0 Å². The monoisotopic (exact) mass is 531 g/mol. The maximum Gasteiger partial charge on any atom is 0.344 e. The van der Waals surface area contributed by atoms with Crippen LogP contribution in [0.25, 0.3) is 83.5 Å². The van der Waals surface area contributed by atoms with Crippen LogP contribution in [0.3, 0.4) is 0 Å². The largest absolute Gasteiger partial charge is 0.456 e. The first kappa shape index (κ1) is 23.5. The number of benzene rings is 5. The van der Waals surface area contributed by atoms with E-state index >= 15 is 0 Å². The summed E-state index contributed by atoms with van der Waals surface area (Å²) in [7, 11) is 0. The van der Waals surface area contributed by atoms with Crippen LogP contribution in [0.2, 0.25) is 0 Å². The van der Waals surface area contributed by atoms with Crippen molar-refractivity contribution in [3.8, 4) is 16.8 Å². The third-order valence-corrected chi connectivity index (χ3v) is 8.17. The number of hydrogen-bond donors (Lipinski definition) is 0. The van der Waals surface area contributed by atoms with E-state index in [1.807, 2.05) is 48.5 Å². The van der Waals surface area contributed by atoms with Crippen LogP contribution in [-0.4, -0.2) is 4.57 Å². The number of para-hydroxylation sites is 1. The molecule has 0 saturated carbocycles. The number of rotatable bonds is 2. The summed E-state index contributed by atoms with van der Waals surface area (Å²) in [5.74, 6) is 0. The lowest BCUT2D eigenvalue weighted by Crippen LogP contribution is -2.27. The molecule has 0 spiro atoms. The first-order valence-electron chi connectivity index (χ1n) is 13.8. The minimum Gasteiger partial charge on any atom is -0.456 e. The predicted octanol–water partition coefficient (Wildman–Crippen LogP) is 8.06. The van der Waals surface area contributed by atoms with Gasteiger partial charge >= 0.3 is 5.63 Å². The van der Waals surface area contributed by atoms with Gasteiger partial charge in [-0.1, -0.05) is 72.8 Å². The zero-order valence-electron chi connectivity index (χ0n) is 22.6. The highest BCUT2D eigenvalue weighted by Crippen LogP contribution is 2.35. The summed E-state index contributed by atoms with van der Waals surface area (Å²) < 4.78 is 14.3. The Labute approximate surface area is 234 Å². The molecule has 3 heterocycles. The minimum atomic E-state index is -0.318. The molecule has 41 heavy (non-hydrogen) atoms. The van der Waals surface area contributed by atoms with Crippen molar-refractivity contribution < 1.29 is 8.83 Å². The van der Waals surface area contributed by atoms with Crippen LogP contribution >= 0.6 is 0 Å². The molecule has 4 heteroatoms. The van der Waals surface area contributed by atoms with E-state index in [-0.39, 0.29) is 5.63 Å². The molecule has 0 N–H and O–H groups in total. The number of fused-ring (bicyclic) bond motifs is 7. The Morgan fingerprint density at radius 1 is 0.610 bits per heavy atom. The summed E-state index contributed by atoms with van der Waals surface area (Å²) in [6.45, 7) is 4.18. The molecule has 0 radical (unpaired) electrons. The van der Waals surface area contributed by atoms with Crippen LogP contribution in [0.5, 0.6) is 0 Å². The van der Waals surface area contributed by atoms with Crippen molar-refractivity contribution in [2.45, 2.75) is 13.8 Å². The van der Waals surface area contributed by atoms with E-state index in [0.717, 1.165) is 60.4 Å². The molecule has 8 rings (SSSR count). The summed E-state index contributed by atoms with van der Waals surface area (Å²) in [5, 5.41) is 8.16. The normalized spacial score (nSPS) is 13.0. The zero-order chi connectivity index (χ0) is 27.7. The van der Waals surface area contributed by atoms with Crippen LogP contribution in [-0.2, 0) is 0 Å². The van der Waals surface area contributed by atoms with Crippen LogP contribution in [0.15, 0.2) is 117 Å². The second-order valence-corrected chi connectivity index (χ2v) is 10.3. The third-order valence-electron chi connectivity index (χ3n) is 8.17. The van der Waals surface area contributed by atoms with E-state index < -0.39 is 0 Å². The molecule has 5 aromatic carbocycles. The summed E-state index contributed by atoms with van der Waals surface area (Å²) in [4.78, 5) is 12.7. The highest BCUT2D eigenvalue weighted by atomic mass is 16.4. The Kier molecular flexibility index (Phi) is 5.07. The number of aromatic nitrogens is 1. The average molecular weight is 532 g/mol. The van der Waals surface area contributed by atoms with E-state index in [0.29, 0.717) is 11.0 Å². The van der Waals surface area contributed by atoms with Gasteiger partial charge in [0.15, 0.2) is 0 Å². The van der Waals surface area contributed by atoms with Gasteiger partial charge in [-0.25, -0.2) is 4.79 Å². The second kappa shape index (κ2) is 8.83. The maximum absolute atomic E-state index is 12.7. The summed E-state index contributed by atoms with van der Waals surface area (Å²) in [6, 6.07) is 34.7. The van der Waals surface area contributed by atoms with Gasteiger partial charge in [-0.15, -0.1) is 0 Å². The second-order valence-electron chi connectivity index (χ2n) is 10.3. The van der Waals surface area contributed by atoms with E-state index in [4.69, 9.17) is 8.83 Å². The molecular formula is C37H25NO3. The van der Waals surface area contributed by atoms with E-state index in [2.05, 4.69) is 85.2 Å². The van der Waals surface area contributed by atoms with Crippen molar-refractivity contribution in [1.82, 2.24) is 4.57 Å². The molecule has 0 aliphatic carbocycles. The Hall–Kier alpha value is -5.35. The highest BCUT2D eigenvalue weighted by Gasteiger charge is 2.16. The predicted molar refractivity (Wildman–Crippen MR) is 169 cm³/mol. The van der Waals surface area contributed by atoms with Gasteiger partial charge in [0.05, 0.1) is 10.9 Å². The number of nitrogens with zero attached hydrogens (tertiary/aromatic N) is 1. The van der Waals surface area contributed by atoms with Crippen molar-refractivity contribution in [2.24, 2.45) is 0 Å². The molecule has 0 fully saturated rings. The Bertz CT molecular complexity index is 2530. The van der Waals surface area contributed by atoms with Crippen molar-refractivity contribution in [1.29, 1.82) is 0 Å². The minimum absolute atomic E-state index is 0.318. The molecule has 3 aromatic heterocycles. The fourth-order valence-electron chi connectivity index (χ4n) is 6.40. The summed E-state index contributed by atoms with van der Waals surface area (Å²) >= 11 is 0. The van der Waals surface area contributed by atoms with Gasteiger partial charge in [0.1, 0.15) is 16.7 Å². The summed E-state index contributed by atoms with van der Waals surface area (Å²) in [5.41, 5.74) is 6.22. The van der Waals surface area contributed by atoms with Crippen molar-refractivity contribution >= 4 is 66.7 Å². The van der Waals surface area contributed by atoms with Crippen LogP contribution < -0.4 is 16.2 Å². The molecule has 0 unspecified atom stereocenters. The van der Waals surface area contributed by atoms with E-state index in [1.54, 1.807) is 0 Å². The smallest absolute Gasteiger partial charge is 0.344 e. The SMILES string of the molecule is C/C=c1\c(=C/C)n(-c2cccc(-c3cccc4oc(=O)c5ccccc5c34)c2)c2cc3oc4ccccc4c3cc12. The van der Waals surface area contributed by atoms with Crippen LogP contribution in [0, 0.1) is 0 Å². The van der Waals surface area contributed by atoms with Crippen LogP contribution in [0.1, 0.15) is 13.8 Å². The fraction of sp³-hybridized carbons (Fsp3) is 0.0541. The molecule has 0 aliphatic rings. The lowest BCUT2D eigenvalue weighted by Gasteiger charge is -2.12. The molecule has 0 bridgehead atoms. The lowest BCUT2D eigenvalue weighted by molar-refractivity contribution is 0.570. The van der Waals surface area contributed by atoms with Gasteiger partial charge in [0.2, 0.25) is 0 Å². The first-order chi connectivity index (χ1) is 20.2. The topological polar surface area (TPSA) is 48.3 Å². The molecule has 0 atom stereocenters. The van der Waals surface area contributed by atoms with Gasteiger partial charge in [-0.05, 0) is 61.4 Å². The van der Waals surface area contributed by atoms with Gasteiger partial charge in [-0.2, -0.15) is 0 Å². The molecule has 0 aliphatic heterocycles. The van der Waals surface area contributed by atoms with E-state index in [9.17, 15) is 4.79 Å². The first-order valence-corrected chi connectivity index (χ1v) is 13.8. The van der Waals surface area contributed by atoms with Crippen molar-refractivity contribution in [3.05, 3.63) is 124 Å². The molecule has 8 aromatic rings. The summed E-state index contributed by atoms with van der Waals surface area (Å²) in [6.07, 6.45) is 4.35. The molecular weight excluding hydrogens is 506 g/mol. The Morgan fingerprint density at radius 3 is 2.20 bits per heavy atom. The molecule has 196 valence electrons. The standard InChI is InChI=1S/C37H25NO3/c1-3-24-29-20-30-26-13-7-8-17-33(26)40-35(30)21-32(29)38(31(24)4-2)23-12-9-11-22(19-23)25-16-10-18-34-36(25)27-14-5-6-15-28(27)37(39)41-34/h3-21H,1-2H3/b24-3-,31-4+. The maximum atomic E-state index is 12.7. The number of hydrogen-bond acceptors (Lipinski definition) is 3.